The predicted octanol–water partition coefficient (Wildman–Crippen LogP) is 4.05. The Morgan fingerprint density at radius 1 is 1.29 bits per heavy atom. The number of amides is 1. The fraction of sp³-hybridized carbons (Fsp3) is 0.188. The molecule has 3 N–H and O–H groups in total. The third-order valence-corrected chi connectivity index (χ3v) is 4.03. The van der Waals surface area contributed by atoms with Crippen LogP contribution in [0.2, 0.25) is 5.02 Å². The monoisotopic (exact) mass is 366 g/mol. The summed E-state index contributed by atoms with van der Waals surface area (Å²) in [5.74, 6) is -0.114. The van der Waals surface area contributed by atoms with Crippen molar-refractivity contribution < 1.29 is 4.79 Å². The van der Waals surface area contributed by atoms with E-state index in [1.807, 2.05) is 31.2 Å². The quantitative estimate of drug-likeness (QED) is 0.801. The maximum atomic E-state index is 12.2. The minimum Gasteiger partial charge on any atom is -0.398 e. The average molecular weight is 368 g/mol. The molecule has 0 spiro atoms. The minimum absolute atomic E-state index is 0.0232. The summed E-state index contributed by atoms with van der Waals surface area (Å²) in [7, 11) is 0. The van der Waals surface area contributed by atoms with E-state index in [1.165, 1.54) is 0 Å². The van der Waals surface area contributed by atoms with E-state index in [2.05, 4.69) is 21.2 Å². The van der Waals surface area contributed by atoms with Crippen molar-refractivity contribution in [3.05, 3.63) is 63.1 Å². The molecule has 3 nitrogen and oxygen atoms in total. The van der Waals surface area contributed by atoms with Gasteiger partial charge in [0.05, 0.1) is 0 Å². The van der Waals surface area contributed by atoms with Crippen molar-refractivity contribution in [1.29, 1.82) is 0 Å². The number of nitrogens with one attached hydrogen (secondary N) is 1. The van der Waals surface area contributed by atoms with Gasteiger partial charge in [0.2, 0.25) is 0 Å². The van der Waals surface area contributed by atoms with Crippen LogP contribution in [-0.2, 0) is 6.42 Å². The molecule has 2 rings (SSSR count). The van der Waals surface area contributed by atoms with Crippen LogP contribution in [0.5, 0.6) is 0 Å². The molecule has 0 aliphatic heterocycles. The Morgan fingerprint density at radius 3 is 2.57 bits per heavy atom. The predicted molar refractivity (Wildman–Crippen MR) is 90.6 cm³/mol. The summed E-state index contributed by atoms with van der Waals surface area (Å²) in [6, 6.07) is 12.8. The number of rotatable bonds is 4. The Balaban J connectivity index is 1.98. The molecule has 0 radical (unpaired) electrons. The van der Waals surface area contributed by atoms with Crippen molar-refractivity contribution in [2.45, 2.75) is 19.4 Å². The zero-order valence-corrected chi connectivity index (χ0v) is 13.9. The van der Waals surface area contributed by atoms with Crippen molar-refractivity contribution in [3.8, 4) is 0 Å². The Labute approximate surface area is 137 Å². The fourth-order valence-electron chi connectivity index (χ4n) is 2.00. The Bertz CT molecular complexity index is 643. The number of anilines is 1. The molecule has 21 heavy (non-hydrogen) atoms. The molecule has 0 aliphatic rings. The molecule has 0 fully saturated rings. The highest BCUT2D eigenvalue weighted by Gasteiger charge is 2.11. The van der Waals surface area contributed by atoms with Gasteiger partial charge in [-0.25, -0.2) is 0 Å². The molecule has 0 heterocycles. The van der Waals surface area contributed by atoms with Crippen LogP contribution >= 0.6 is 27.5 Å². The largest absolute Gasteiger partial charge is 0.398 e. The highest BCUT2D eigenvalue weighted by atomic mass is 79.9. The van der Waals surface area contributed by atoms with E-state index in [-0.39, 0.29) is 11.9 Å². The molecule has 0 aromatic heterocycles. The molecule has 1 unspecified atom stereocenters. The molecule has 2 aromatic carbocycles. The number of carbonyl (C=O) groups is 1. The third kappa shape index (κ3) is 4.48. The van der Waals surface area contributed by atoms with E-state index in [0.29, 0.717) is 16.3 Å². The first-order valence-electron chi connectivity index (χ1n) is 6.56. The van der Waals surface area contributed by atoms with Gasteiger partial charge >= 0.3 is 0 Å². The first-order chi connectivity index (χ1) is 9.95. The number of hydrogen-bond acceptors (Lipinski definition) is 2. The van der Waals surface area contributed by atoms with Crippen LogP contribution in [0.15, 0.2) is 46.9 Å². The molecule has 110 valence electrons. The second-order valence-electron chi connectivity index (χ2n) is 4.94. The van der Waals surface area contributed by atoms with E-state index >= 15 is 0 Å². The molecular weight excluding hydrogens is 352 g/mol. The van der Waals surface area contributed by atoms with Crippen LogP contribution in [0.1, 0.15) is 22.8 Å². The maximum Gasteiger partial charge on any atom is 0.251 e. The van der Waals surface area contributed by atoms with E-state index in [0.717, 1.165) is 16.5 Å². The van der Waals surface area contributed by atoms with Gasteiger partial charge in [-0.3, -0.25) is 4.79 Å². The van der Waals surface area contributed by atoms with Crippen molar-refractivity contribution in [1.82, 2.24) is 5.32 Å². The van der Waals surface area contributed by atoms with E-state index in [9.17, 15) is 4.79 Å². The van der Waals surface area contributed by atoms with Gasteiger partial charge in [-0.2, -0.15) is 0 Å². The zero-order chi connectivity index (χ0) is 15.4. The summed E-state index contributed by atoms with van der Waals surface area (Å²) < 4.78 is 0.723. The molecule has 2 aromatic rings. The average Bonchev–Trinajstić information content (AvgIpc) is 2.44. The first kappa shape index (κ1) is 15.9. The minimum atomic E-state index is -0.114. The van der Waals surface area contributed by atoms with Gasteiger partial charge in [0.1, 0.15) is 0 Å². The highest BCUT2D eigenvalue weighted by molar-refractivity contribution is 9.10. The smallest absolute Gasteiger partial charge is 0.251 e. The normalized spacial score (nSPS) is 12.0. The lowest BCUT2D eigenvalue weighted by molar-refractivity contribution is 0.0940. The van der Waals surface area contributed by atoms with Gasteiger partial charge in [0.15, 0.2) is 0 Å². The molecular formula is C16H16BrClN2O. The lowest BCUT2D eigenvalue weighted by atomic mass is 10.1. The van der Waals surface area contributed by atoms with Crippen LogP contribution in [0.4, 0.5) is 5.69 Å². The summed E-state index contributed by atoms with van der Waals surface area (Å²) in [4.78, 5) is 12.2. The number of halogens is 2. The molecule has 5 heteroatoms. The lowest BCUT2D eigenvalue weighted by Gasteiger charge is -2.14. The van der Waals surface area contributed by atoms with E-state index < -0.39 is 0 Å². The standard InChI is InChI=1S/C16H16BrClN2O/c1-10(8-11-2-5-13(18)6-3-11)20-16(21)12-4-7-15(19)14(17)9-12/h2-7,9-10H,8,19H2,1H3,(H,20,21). The Hall–Kier alpha value is -1.52. The number of carbonyl (C=O) groups excluding carboxylic acids is 1. The van der Waals surface area contributed by atoms with Crippen LogP contribution < -0.4 is 11.1 Å². The molecule has 0 saturated carbocycles. The molecule has 0 saturated heterocycles. The molecule has 0 aliphatic carbocycles. The fourth-order valence-corrected chi connectivity index (χ4v) is 2.51. The summed E-state index contributed by atoms with van der Waals surface area (Å²) in [6.07, 6.45) is 0.749. The van der Waals surface area contributed by atoms with Gasteiger partial charge in [-0.05, 0) is 65.2 Å². The van der Waals surface area contributed by atoms with Gasteiger partial charge in [-0.15, -0.1) is 0 Å². The number of nitrogens with two attached hydrogens (primary N) is 1. The van der Waals surface area contributed by atoms with Crippen LogP contribution in [0.3, 0.4) is 0 Å². The Morgan fingerprint density at radius 2 is 1.95 bits per heavy atom. The van der Waals surface area contributed by atoms with Gasteiger partial charge < -0.3 is 11.1 Å². The van der Waals surface area contributed by atoms with Crippen LogP contribution in [0.25, 0.3) is 0 Å². The van der Waals surface area contributed by atoms with Crippen molar-refractivity contribution >= 4 is 39.1 Å². The van der Waals surface area contributed by atoms with Crippen LogP contribution in [-0.4, -0.2) is 11.9 Å². The van der Waals surface area contributed by atoms with Crippen molar-refractivity contribution in [2.75, 3.05) is 5.73 Å². The van der Waals surface area contributed by atoms with Gasteiger partial charge in [0, 0.05) is 26.8 Å². The summed E-state index contributed by atoms with van der Waals surface area (Å²) in [6.45, 7) is 1.97. The Kier molecular flexibility index (Phi) is 5.26. The summed E-state index contributed by atoms with van der Waals surface area (Å²) in [5.41, 5.74) is 8.04. The molecule has 0 bridgehead atoms. The van der Waals surface area contributed by atoms with E-state index in [4.69, 9.17) is 17.3 Å². The van der Waals surface area contributed by atoms with Crippen molar-refractivity contribution in [2.24, 2.45) is 0 Å². The molecule has 1 atom stereocenters. The second kappa shape index (κ2) is 6.96. The van der Waals surface area contributed by atoms with Crippen molar-refractivity contribution in [3.63, 3.8) is 0 Å². The highest BCUT2D eigenvalue weighted by Crippen LogP contribution is 2.20. The number of hydrogen-bond donors (Lipinski definition) is 2. The molecule has 1 amide bonds. The second-order valence-corrected chi connectivity index (χ2v) is 6.23. The third-order valence-electron chi connectivity index (χ3n) is 3.10. The van der Waals surface area contributed by atoms with Crippen LogP contribution in [0, 0.1) is 0 Å². The topological polar surface area (TPSA) is 55.1 Å². The van der Waals surface area contributed by atoms with Gasteiger partial charge in [-0.1, -0.05) is 23.7 Å². The van der Waals surface area contributed by atoms with Gasteiger partial charge in [0.25, 0.3) is 5.91 Å². The zero-order valence-electron chi connectivity index (χ0n) is 11.6. The SMILES string of the molecule is CC(Cc1ccc(Cl)cc1)NC(=O)c1ccc(N)c(Br)c1. The summed E-state index contributed by atoms with van der Waals surface area (Å²) in [5, 5.41) is 3.68. The summed E-state index contributed by atoms with van der Waals surface area (Å²) >= 11 is 9.18. The number of nitrogen functional groups attached to an aromatic ring is 1. The maximum absolute atomic E-state index is 12.2. The first-order valence-corrected chi connectivity index (χ1v) is 7.73. The lowest BCUT2D eigenvalue weighted by Crippen LogP contribution is -2.34. The number of benzene rings is 2. The van der Waals surface area contributed by atoms with E-state index in [1.54, 1.807) is 18.2 Å².